The molecule has 0 radical (unpaired) electrons. The van der Waals surface area contributed by atoms with Crippen molar-refractivity contribution in [2.24, 2.45) is 11.8 Å². The summed E-state index contributed by atoms with van der Waals surface area (Å²) < 4.78 is 14.4. The minimum absolute atomic E-state index is 0.152. The maximum absolute atomic E-state index is 14.4. The first kappa shape index (κ1) is 17.2. The van der Waals surface area contributed by atoms with Crippen LogP contribution in [0, 0.1) is 17.7 Å². The lowest BCUT2D eigenvalue weighted by Crippen LogP contribution is -2.25. The van der Waals surface area contributed by atoms with E-state index < -0.39 is 0 Å². The van der Waals surface area contributed by atoms with Crippen molar-refractivity contribution < 1.29 is 4.39 Å². The molecule has 2 atom stereocenters. The zero-order valence-corrected chi connectivity index (χ0v) is 16.0. The zero-order chi connectivity index (χ0) is 18.5. The summed E-state index contributed by atoms with van der Waals surface area (Å²) in [5, 5.41) is 2.31. The van der Waals surface area contributed by atoms with Crippen LogP contribution < -0.4 is 0 Å². The van der Waals surface area contributed by atoms with E-state index in [0.717, 1.165) is 45.0 Å². The number of hydrogen-bond acceptors (Lipinski definition) is 1. The van der Waals surface area contributed by atoms with E-state index in [1.807, 2.05) is 18.2 Å². The maximum atomic E-state index is 14.4. The Kier molecular flexibility index (Phi) is 4.10. The molecule has 1 heterocycles. The average Bonchev–Trinajstić information content (AvgIpc) is 3.35. The molecule has 2 aliphatic rings. The van der Waals surface area contributed by atoms with Crippen LogP contribution in [0.5, 0.6) is 0 Å². The second-order valence-corrected chi connectivity index (χ2v) is 8.23. The summed E-state index contributed by atoms with van der Waals surface area (Å²) in [4.78, 5) is 4.52. The molecule has 0 spiro atoms. The predicted octanol–water partition coefficient (Wildman–Crippen LogP) is 6.73. The quantitative estimate of drug-likeness (QED) is 0.475. The van der Waals surface area contributed by atoms with Gasteiger partial charge in [-0.05, 0) is 41.3 Å². The van der Waals surface area contributed by atoms with E-state index in [0.29, 0.717) is 0 Å². The molecule has 1 fully saturated rings. The molecule has 0 amide bonds. The van der Waals surface area contributed by atoms with E-state index in [2.05, 4.69) is 44.8 Å². The molecular formula is C24H26FN. The third kappa shape index (κ3) is 2.63. The first-order chi connectivity index (χ1) is 12.4. The standard InChI is InChI=1S/C18H14FN.C6H12/c1-18(2)13-7-3-5-11-9-10-20-17(15(11)13)12-6-4-8-14(19)16(12)18;1-3-6-4-5(6)2/h3-10H,1-2H3;5-6H,3-4H2,1-2H3. The minimum Gasteiger partial charge on any atom is -0.256 e. The van der Waals surface area contributed by atoms with Gasteiger partial charge in [0.05, 0.1) is 5.69 Å². The highest BCUT2D eigenvalue weighted by Crippen LogP contribution is 2.48. The summed E-state index contributed by atoms with van der Waals surface area (Å²) in [7, 11) is 0. The third-order valence-electron chi connectivity index (χ3n) is 6.16. The second kappa shape index (κ2) is 6.19. The Morgan fingerprint density at radius 3 is 2.50 bits per heavy atom. The van der Waals surface area contributed by atoms with Crippen LogP contribution in [0.2, 0.25) is 0 Å². The molecule has 134 valence electrons. The summed E-state index contributed by atoms with van der Waals surface area (Å²) in [6.45, 7) is 8.77. The van der Waals surface area contributed by atoms with Crippen LogP contribution >= 0.6 is 0 Å². The molecule has 2 unspecified atom stereocenters. The molecule has 1 saturated carbocycles. The normalized spacial score (nSPS) is 21.6. The van der Waals surface area contributed by atoms with Crippen molar-refractivity contribution in [3.8, 4) is 11.3 Å². The Bertz CT molecular complexity index is 966. The van der Waals surface area contributed by atoms with Gasteiger partial charge in [0.25, 0.3) is 0 Å². The lowest BCUT2D eigenvalue weighted by Gasteiger charge is -2.34. The molecule has 0 aliphatic heterocycles. The summed E-state index contributed by atoms with van der Waals surface area (Å²) in [5.41, 5.74) is 3.36. The van der Waals surface area contributed by atoms with Gasteiger partial charge in [0.15, 0.2) is 0 Å². The topological polar surface area (TPSA) is 12.9 Å². The average molecular weight is 347 g/mol. The Hall–Kier alpha value is -2.22. The number of benzene rings is 2. The number of halogens is 1. The number of hydrogen-bond donors (Lipinski definition) is 0. The minimum atomic E-state index is -0.351. The first-order valence-electron chi connectivity index (χ1n) is 9.62. The van der Waals surface area contributed by atoms with Crippen molar-refractivity contribution in [3.05, 3.63) is 65.6 Å². The maximum Gasteiger partial charge on any atom is 0.127 e. The number of fused-ring (bicyclic) bond motifs is 2. The molecule has 2 aromatic carbocycles. The van der Waals surface area contributed by atoms with E-state index in [1.54, 1.807) is 12.3 Å². The van der Waals surface area contributed by atoms with Gasteiger partial charge < -0.3 is 0 Å². The Labute approximate surface area is 155 Å². The lowest BCUT2D eigenvalue weighted by atomic mass is 9.69. The number of aromatic nitrogens is 1. The van der Waals surface area contributed by atoms with Crippen molar-refractivity contribution >= 4 is 10.8 Å². The van der Waals surface area contributed by atoms with Gasteiger partial charge in [-0.2, -0.15) is 0 Å². The van der Waals surface area contributed by atoms with Crippen molar-refractivity contribution in [1.29, 1.82) is 0 Å². The molecule has 2 aliphatic carbocycles. The highest BCUT2D eigenvalue weighted by Gasteiger charge is 2.36. The zero-order valence-electron chi connectivity index (χ0n) is 16.0. The van der Waals surface area contributed by atoms with E-state index in [1.165, 1.54) is 18.9 Å². The van der Waals surface area contributed by atoms with Gasteiger partial charge in [-0.15, -0.1) is 0 Å². The summed E-state index contributed by atoms with van der Waals surface area (Å²) in [6, 6.07) is 13.5. The summed E-state index contributed by atoms with van der Waals surface area (Å²) >= 11 is 0. The molecule has 0 bridgehead atoms. The third-order valence-corrected chi connectivity index (χ3v) is 6.16. The molecule has 0 saturated heterocycles. The monoisotopic (exact) mass is 347 g/mol. The molecule has 26 heavy (non-hydrogen) atoms. The number of nitrogens with zero attached hydrogens (tertiary/aromatic N) is 1. The lowest BCUT2D eigenvalue weighted by molar-refractivity contribution is 0.550. The van der Waals surface area contributed by atoms with Gasteiger partial charge in [-0.3, -0.25) is 4.98 Å². The van der Waals surface area contributed by atoms with Gasteiger partial charge in [-0.25, -0.2) is 4.39 Å². The Morgan fingerprint density at radius 1 is 1.12 bits per heavy atom. The van der Waals surface area contributed by atoms with Crippen LogP contribution in [0.1, 0.15) is 51.7 Å². The highest BCUT2D eigenvalue weighted by molar-refractivity contribution is 6.01. The molecule has 1 nitrogen and oxygen atoms in total. The van der Waals surface area contributed by atoms with Crippen molar-refractivity contribution in [2.75, 3.05) is 0 Å². The van der Waals surface area contributed by atoms with E-state index in [9.17, 15) is 4.39 Å². The van der Waals surface area contributed by atoms with Crippen LogP contribution in [0.15, 0.2) is 48.7 Å². The summed E-state index contributed by atoms with van der Waals surface area (Å²) in [6.07, 6.45) is 4.70. The fourth-order valence-corrected chi connectivity index (χ4v) is 4.41. The predicted molar refractivity (Wildman–Crippen MR) is 107 cm³/mol. The van der Waals surface area contributed by atoms with Gasteiger partial charge in [0.2, 0.25) is 0 Å². The highest BCUT2D eigenvalue weighted by atomic mass is 19.1. The fraction of sp³-hybridized carbons (Fsp3) is 0.375. The number of rotatable bonds is 1. The van der Waals surface area contributed by atoms with Crippen LogP contribution in [-0.4, -0.2) is 4.98 Å². The van der Waals surface area contributed by atoms with Crippen molar-refractivity contribution in [3.63, 3.8) is 0 Å². The van der Waals surface area contributed by atoms with Crippen LogP contribution in [0.4, 0.5) is 4.39 Å². The van der Waals surface area contributed by atoms with Gasteiger partial charge in [-0.1, -0.05) is 64.4 Å². The van der Waals surface area contributed by atoms with Crippen LogP contribution in [-0.2, 0) is 5.41 Å². The molecule has 0 N–H and O–H groups in total. The molecular weight excluding hydrogens is 321 g/mol. The smallest absolute Gasteiger partial charge is 0.127 e. The van der Waals surface area contributed by atoms with Gasteiger partial charge in [0.1, 0.15) is 5.82 Å². The van der Waals surface area contributed by atoms with Crippen LogP contribution in [0.25, 0.3) is 22.0 Å². The fourth-order valence-electron chi connectivity index (χ4n) is 4.41. The molecule has 3 aromatic rings. The molecule has 1 aromatic heterocycles. The van der Waals surface area contributed by atoms with Gasteiger partial charge >= 0.3 is 0 Å². The van der Waals surface area contributed by atoms with Crippen molar-refractivity contribution in [1.82, 2.24) is 4.98 Å². The Balaban J connectivity index is 0.000000240. The van der Waals surface area contributed by atoms with Crippen molar-refractivity contribution in [2.45, 2.75) is 46.0 Å². The molecule has 5 rings (SSSR count). The van der Waals surface area contributed by atoms with Crippen LogP contribution in [0.3, 0.4) is 0 Å². The molecule has 2 heteroatoms. The van der Waals surface area contributed by atoms with Gasteiger partial charge in [0, 0.05) is 28.1 Å². The number of pyridine rings is 1. The first-order valence-corrected chi connectivity index (χ1v) is 9.62. The Morgan fingerprint density at radius 2 is 1.85 bits per heavy atom. The largest absolute Gasteiger partial charge is 0.256 e. The summed E-state index contributed by atoms with van der Waals surface area (Å²) in [5.74, 6) is 2.01. The van der Waals surface area contributed by atoms with E-state index in [4.69, 9.17) is 0 Å². The van der Waals surface area contributed by atoms with E-state index >= 15 is 0 Å². The SMILES string of the molecule is CC1(C)c2c(F)cccc2-c2nccc3cccc1c23.CCC1CC1C. The second-order valence-electron chi connectivity index (χ2n) is 8.23. The van der Waals surface area contributed by atoms with E-state index in [-0.39, 0.29) is 11.2 Å².